The molecule has 3 aliphatic rings. The van der Waals surface area contributed by atoms with E-state index in [1.807, 2.05) is 30.3 Å². The molecular formula is C33H30BrN3O6. The molecule has 3 heterocycles. The van der Waals surface area contributed by atoms with Gasteiger partial charge < -0.3 is 9.84 Å². The number of allylic oxidation sites excluding steroid dienone is 2. The van der Waals surface area contributed by atoms with Crippen molar-refractivity contribution in [3.63, 3.8) is 0 Å². The molecule has 0 radical (unpaired) electrons. The number of aromatic nitrogens is 1. The average molecular weight is 645 g/mol. The highest BCUT2D eigenvalue weighted by atomic mass is 79.9. The van der Waals surface area contributed by atoms with E-state index in [2.05, 4.69) is 27.8 Å². The Labute approximate surface area is 257 Å². The lowest BCUT2D eigenvalue weighted by Gasteiger charge is -2.31. The highest BCUT2D eigenvalue weighted by molar-refractivity contribution is 9.10. The first kappa shape index (κ1) is 28.9. The zero-order valence-corrected chi connectivity index (χ0v) is 25.1. The molecule has 1 aromatic heterocycles. The van der Waals surface area contributed by atoms with Crippen LogP contribution in [0, 0.1) is 27.9 Å². The Morgan fingerprint density at radius 1 is 1.14 bits per heavy atom. The van der Waals surface area contributed by atoms with Gasteiger partial charge in [0.1, 0.15) is 5.75 Å². The van der Waals surface area contributed by atoms with Crippen molar-refractivity contribution in [3.8, 4) is 5.75 Å². The lowest BCUT2D eigenvalue weighted by Crippen LogP contribution is -2.34. The molecule has 0 saturated carbocycles. The number of amides is 2. The van der Waals surface area contributed by atoms with Crippen molar-refractivity contribution in [2.24, 2.45) is 17.8 Å². The summed E-state index contributed by atoms with van der Waals surface area (Å²) in [6.45, 7) is 2.39. The Balaban J connectivity index is 1.28. The molecule has 9 nitrogen and oxygen atoms in total. The van der Waals surface area contributed by atoms with Gasteiger partial charge in [-0.05, 0) is 79.3 Å². The van der Waals surface area contributed by atoms with Crippen LogP contribution < -0.4 is 4.90 Å². The topological polar surface area (TPSA) is 123 Å². The number of imide groups is 1. The van der Waals surface area contributed by atoms with Gasteiger partial charge >= 0.3 is 0 Å². The number of non-ortho nitro benzene ring substituents is 1. The van der Waals surface area contributed by atoms with Gasteiger partial charge in [0.2, 0.25) is 11.8 Å². The van der Waals surface area contributed by atoms with E-state index in [4.69, 9.17) is 4.74 Å². The van der Waals surface area contributed by atoms with E-state index in [1.165, 1.54) is 18.2 Å². The van der Waals surface area contributed by atoms with E-state index in [9.17, 15) is 24.8 Å². The number of carbonyl (C=O) groups is 2. The van der Waals surface area contributed by atoms with Crippen molar-refractivity contribution in [3.05, 3.63) is 104 Å². The first-order chi connectivity index (χ1) is 20.8. The molecular weight excluding hydrogens is 614 g/mol. The Hall–Kier alpha value is -4.15. The predicted octanol–water partition coefficient (Wildman–Crippen LogP) is 6.71. The number of hydrogen-bond acceptors (Lipinski definition) is 7. The van der Waals surface area contributed by atoms with E-state index >= 15 is 0 Å². The second-order valence-corrected chi connectivity index (χ2v) is 12.0. The molecule has 0 bridgehead atoms. The molecule has 10 heteroatoms. The molecule has 2 aliphatic heterocycles. The average Bonchev–Trinajstić information content (AvgIpc) is 3.54. The van der Waals surface area contributed by atoms with Gasteiger partial charge in [-0.25, -0.2) is 4.90 Å². The number of nitrogens with zero attached hydrogens (tertiary/aromatic N) is 3. The third-order valence-electron chi connectivity index (χ3n) is 8.72. The van der Waals surface area contributed by atoms with Gasteiger partial charge in [-0.15, -0.1) is 0 Å². The van der Waals surface area contributed by atoms with Crippen molar-refractivity contribution in [1.29, 1.82) is 0 Å². The lowest BCUT2D eigenvalue weighted by molar-refractivity contribution is -0.384. The number of aromatic hydroxyl groups is 1. The number of carbonyl (C=O) groups excluding carboxylic acids is 2. The summed E-state index contributed by atoms with van der Waals surface area (Å²) < 4.78 is 7.21. The van der Waals surface area contributed by atoms with Crippen LogP contribution in [-0.4, -0.2) is 39.5 Å². The van der Waals surface area contributed by atoms with Crippen LogP contribution in [0.3, 0.4) is 0 Å². The number of rotatable bonds is 8. The zero-order chi connectivity index (χ0) is 30.2. The molecule has 6 rings (SSSR count). The summed E-state index contributed by atoms with van der Waals surface area (Å²) in [5.74, 6) is -1.77. The van der Waals surface area contributed by atoms with E-state index in [0.29, 0.717) is 31.4 Å². The Bertz CT molecular complexity index is 1670. The molecule has 2 saturated heterocycles. The van der Waals surface area contributed by atoms with Gasteiger partial charge in [0.15, 0.2) is 0 Å². The van der Waals surface area contributed by atoms with Gasteiger partial charge in [-0.3, -0.25) is 24.7 Å². The number of fused-ring (bicyclic) bond motifs is 3. The largest absolute Gasteiger partial charge is 0.507 e. The number of hydrogen-bond donors (Lipinski definition) is 1. The van der Waals surface area contributed by atoms with Crippen molar-refractivity contribution in [1.82, 2.24) is 4.98 Å². The number of nitro benzene ring substituents is 1. The molecule has 1 aliphatic carbocycles. The van der Waals surface area contributed by atoms with Crippen molar-refractivity contribution in [2.45, 2.75) is 38.7 Å². The summed E-state index contributed by atoms with van der Waals surface area (Å²) in [5, 5.41) is 21.9. The van der Waals surface area contributed by atoms with Gasteiger partial charge in [-0.2, -0.15) is 0 Å². The van der Waals surface area contributed by atoms with Crippen LogP contribution in [0.25, 0.3) is 11.6 Å². The Kier molecular flexibility index (Phi) is 7.98. The standard InChI is InChI=1S/C33H30BrN3O6/c1-2-19-16-25-31(33(40)36(32(25)39)23-6-5-7-24(17-23)37(41)42)26-18-43-29(30(19)26)12-9-20(27-8-3-4-13-35-27)14-21-15-22(34)10-11-28(21)38/h3-8,10-11,13-15,17,25-26,29,31,38H,2,9,12,16,18H2,1H3/b20-14-/t25-,26+,29-,31-/m1/s1. The molecule has 0 spiro atoms. The van der Waals surface area contributed by atoms with Gasteiger partial charge in [0.25, 0.3) is 5.69 Å². The molecule has 2 amide bonds. The highest BCUT2D eigenvalue weighted by Crippen LogP contribution is 2.51. The third kappa shape index (κ3) is 5.41. The number of phenolic OH excluding ortho intramolecular Hbond substituents is 1. The van der Waals surface area contributed by atoms with Crippen LogP contribution in [0.1, 0.15) is 43.9 Å². The minimum absolute atomic E-state index is 0.167. The number of nitro groups is 1. The second kappa shape index (κ2) is 11.9. The minimum atomic E-state index is -0.563. The summed E-state index contributed by atoms with van der Waals surface area (Å²) in [6, 6.07) is 16.7. The molecule has 2 fully saturated rings. The lowest BCUT2D eigenvalue weighted by atomic mass is 9.69. The normalized spacial score (nSPS) is 23.5. The molecule has 1 N–H and O–H groups in total. The van der Waals surface area contributed by atoms with Gasteiger partial charge in [0.05, 0.1) is 40.9 Å². The van der Waals surface area contributed by atoms with Crippen LogP contribution in [0.15, 0.2) is 82.5 Å². The van der Waals surface area contributed by atoms with Gasteiger partial charge in [-0.1, -0.05) is 40.6 Å². The maximum atomic E-state index is 13.8. The fourth-order valence-corrected chi connectivity index (χ4v) is 7.13. The number of phenols is 1. The molecule has 4 atom stereocenters. The smallest absolute Gasteiger partial charge is 0.271 e. The van der Waals surface area contributed by atoms with Crippen LogP contribution in [0.4, 0.5) is 11.4 Å². The number of anilines is 1. The number of halogens is 1. The summed E-state index contributed by atoms with van der Waals surface area (Å²) in [7, 11) is 0. The second-order valence-electron chi connectivity index (χ2n) is 11.1. The SMILES string of the molecule is CCC1=C2[C@@H](CC/C(=C/c3cc(Br)ccc3O)c3ccccn3)OC[C@@H]2[C@@H]2C(=O)N(c3cccc([N+](=O)[O-])c3)C(=O)[C@@H]2C1. The summed E-state index contributed by atoms with van der Waals surface area (Å²) >= 11 is 3.48. The Morgan fingerprint density at radius 2 is 1.98 bits per heavy atom. The maximum absolute atomic E-state index is 13.8. The predicted molar refractivity (Wildman–Crippen MR) is 165 cm³/mol. The van der Waals surface area contributed by atoms with Crippen molar-refractivity contribution >= 4 is 50.8 Å². The fraction of sp³-hybridized carbons (Fsp3) is 0.303. The highest BCUT2D eigenvalue weighted by Gasteiger charge is 2.57. The zero-order valence-electron chi connectivity index (χ0n) is 23.5. The van der Waals surface area contributed by atoms with Crippen LogP contribution >= 0.6 is 15.9 Å². The minimum Gasteiger partial charge on any atom is -0.507 e. The van der Waals surface area contributed by atoms with Crippen LogP contribution in [0.2, 0.25) is 0 Å². The fourth-order valence-electron chi connectivity index (χ4n) is 6.75. The van der Waals surface area contributed by atoms with Crippen LogP contribution in [0.5, 0.6) is 5.75 Å². The summed E-state index contributed by atoms with van der Waals surface area (Å²) in [6.07, 6.45) is 5.92. The van der Waals surface area contributed by atoms with E-state index in [0.717, 1.165) is 38.2 Å². The molecule has 2 aromatic carbocycles. The molecule has 43 heavy (non-hydrogen) atoms. The molecule has 3 aromatic rings. The monoisotopic (exact) mass is 643 g/mol. The number of benzene rings is 2. The van der Waals surface area contributed by atoms with E-state index in [1.54, 1.807) is 24.4 Å². The van der Waals surface area contributed by atoms with Gasteiger partial charge in [0, 0.05) is 34.3 Å². The summed E-state index contributed by atoms with van der Waals surface area (Å²) in [4.78, 5) is 43.9. The first-order valence-corrected chi connectivity index (χ1v) is 15.1. The summed E-state index contributed by atoms with van der Waals surface area (Å²) in [5.41, 5.74) is 4.73. The number of pyridine rings is 1. The van der Waals surface area contributed by atoms with Crippen molar-refractivity contribution in [2.75, 3.05) is 11.5 Å². The quantitative estimate of drug-likeness (QED) is 0.125. The third-order valence-corrected chi connectivity index (χ3v) is 9.22. The molecule has 220 valence electrons. The first-order valence-electron chi connectivity index (χ1n) is 14.3. The van der Waals surface area contributed by atoms with Crippen LogP contribution in [-0.2, 0) is 14.3 Å². The van der Waals surface area contributed by atoms with E-state index in [-0.39, 0.29) is 41.0 Å². The Morgan fingerprint density at radius 3 is 2.72 bits per heavy atom. The maximum Gasteiger partial charge on any atom is 0.271 e. The number of ether oxygens (including phenoxy) is 1. The van der Waals surface area contributed by atoms with E-state index < -0.39 is 16.8 Å². The van der Waals surface area contributed by atoms with Crippen molar-refractivity contribution < 1.29 is 24.4 Å². The molecule has 0 unspecified atom stereocenters.